The molecule has 60 valence electrons. The maximum Gasteiger partial charge on any atom is 0.0934 e. The van der Waals surface area contributed by atoms with Gasteiger partial charge >= 0.3 is 0 Å². The Labute approximate surface area is 75.4 Å². The molecule has 0 fully saturated rings. The van der Waals surface area contributed by atoms with E-state index in [-0.39, 0.29) is 0 Å². The van der Waals surface area contributed by atoms with Crippen LogP contribution in [0.2, 0.25) is 4.34 Å². The standard InChI is InChI=1S/C8H10ClNS/c1-5-3-10-4-6-2-7(9)11-8(5)6/h2,5,10H,3-4H2,1H3. The summed E-state index contributed by atoms with van der Waals surface area (Å²) in [7, 11) is 0. The molecule has 0 aliphatic carbocycles. The van der Waals surface area contributed by atoms with E-state index in [0.29, 0.717) is 5.92 Å². The monoisotopic (exact) mass is 187 g/mol. The van der Waals surface area contributed by atoms with Gasteiger partial charge < -0.3 is 5.32 Å². The second-order valence-electron chi connectivity index (χ2n) is 2.97. The van der Waals surface area contributed by atoms with Gasteiger partial charge in [-0.05, 0) is 11.6 Å². The van der Waals surface area contributed by atoms with E-state index in [4.69, 9.17) is 11.6 Å². The third-order valence-electron chi connectivity index (χ3n) is 2.03. The minimum Gasteiger partial charge on any atom is -0.312 e. The molecule has 2 rings (SSSR count). The third-order valence-corrected chi connectivity index (χ3v) is 3.56. The number of hydrogen-bond donors (Lipinski definition) is 1. The van der Waals surface area contributed by atoms with E-state index in [1.807, 2.05) is 0 Å². The Bertz CT molecular complexity index is 269. The fourth-order valence-electron chi connectivity index (χ4n) is 1.48. The van der Waals surface area contributed by atoms with Crippen molar-refractivity contribution in [2.24, 2.45) is 0 Å². The van der Waals surface area contributed by atoms with E-state index in [9.17, 15) is 0 Å². The van der Waals surface area contributed by atoms with Crippen molar-refractivity contribution >= 4 is 22.9 Å². The van der Waals surface area contributed by atoms with Crippen molar-refractivity contribution in [2.75, 3.05) is 6.54 Å². The van der Waals surface area contributed by atoms with Crippen molar-refractivity contribution in [2.45, 2.75) is 19.4 Å². The van der Waals surface area contributed by atoms with Crippen LogP contribution < -0.4 is 5.32 Å². The highest BCUT2D eigenvalue weighted by Crippen LogP contribution is 2.34. The van der Waals surface area contributed by atoms with Gasteiger partial charge in [-0.15, -0.1) is 11.3 Å². The second kappa shape index (κ2) is 2.77. The fourth-order valence-corrected chi connectivity index (χ4v) is 2.82. The third kappa shape index (κ3) is 1.31. The molecular formula is C8H10ClNS. The van der Waals surface area contributed by atoms with Crippen molar-refractivity contribution in [3.63, 3.8) is 0 Å². The number of thiophene rings is 1. The number of hydrogen-bond acceptors (Lipinski definition) is 2. The van der Waals surface area contributed by atoms with Crippen LogP contribution in [0.3, 0.4) is 0 Å². The summed E-state index contributed by atoms with van der Waals surface area (Å²) in [6, 6.07) is 2.07. The Morgan fingerprint density at radius 3 is 3.27 bits per heavy atom. The first kappa shape index (κ1) is 7.59. The summed E-state index contributed by atoms with van der Waals surface area (Å²) in [6.07, 6.45) is 0. The molecule has 1 N–H and O–H groups in total. The molecule has 0 bridgehead atoms. The van der Waals surface area contributed by atoms with E-state index < -0.39 is 0 Å². The van der Waals surface area contributed by atoms with Crippen molar-refractivity contribution in [1.29, 1.82) is 0 Å². The number of halogens is 1. The summed E-state index contributed by atoms with van der Waals surface area (Å²) in [5.41, 5.74) is 1.39. The molecule has 1 unspecified atom stereocenters. The Hall–Kier alpha value is -0.0500. The van der Waals surface area contributed by atoms with Crippen molar-refractivity contribution in [3.05, 3.63) is 20.8 Å². The lowest BCUT2D eigenvalue weighted by molar-refractivity contribution is 0.581. The summed E-state index contributed by atoms with van der Waals surface area (Å²) in [5, 5.41) is 3.35. The lowest BCUT2D eigenvalue weighted by Crippen LogP contribution is -2.24. The molecule has 2 heterocycles. The van der Waals surface area contributed by atoms with Crippen LogP contribution in [-0.2, 0) is 6.54 Å². The van der Waals surface area contributed by atoms with Crippen LogP contribution >= 0.6 is 22.9 Å². The van der Waals surface area contributed by atoms with Crippen molar-refractivity contribution in [3.8, 4) is 0 Å². The highest BCUT2D eigenvalue weighted by molar-refractivity contribution is 7.16. The van der Waals surface area contributed by atoms with Gasteiger partial charge in [-0.25, -0.2) is 0 Å². The molecule has 0 radical (unpaired) electrons. The normalized spacial score (nSPS) is 23.3. The van der Waals surface area contributed by atoms with Gasteiger partial charge in [0.1, 0.15) is 0 Å². The molecule has 3 heteroatoms. The van der Waals surface area contributed by atoms with Gasteiger partial charge in [-0.1, -0.05) is 18.5 Å². The van der Waals surface area contributed by atoms with Crippen LogP contribution in [-0.4, -0.2) is 6.54 Å². The maximum atomic E-state index is 5.91. The van der Waals surface area contributed by atoms with E-state index in [2.05, 4.69) is 18.3 Å². The van der Waals surface area contributed by atoms with E-state index in [1.165, 1.54) is 10.4 Å². The molecule has 0 amide bonds. The predicted octanol–water partition coefficient (Wildman–Crippen LogP) is 2.61. The van der Waals surface area contributed by atoms with E-state index in [0.717, 1.165) is 17.4 Å². The molecule has 0 aromatic carbocycles. The topological polar surface area (TPSA) is 12.0 Å². The average molecular weight is 188 g/mol. The first-order valence-electron chi connectivity index (χ1n) is 3.76. The quantitative estimate of drug-likeness (QED) is 0.659. The zero-order valence-electron chi connectivity index (χ0n) is 6.36. The Morgan fingerprint density at radius 2 is 2.55 bits per heavy atom. The van der Waals surface area contributed by atoms with Gasteiger partial charge in [0.15, 0.2) is 0 Å². The molecule has 11 heavy (non-hydrogen) atoms. The summed E-state index contributed by atoms with van der Waals surface area (Å²) >= 11 is 7.63. The van der Waals surface area contributed by atoms with Crippen LogP contribution in [0.25, 0.3) is 0 Å². The molecule has 0 saturated carbocycles. The number of nitrogens with one attached hydrogen (secondary N) is 1. The van der Waals surface area contributed by atoms with Gasteiger partial charge in [0.05, 0.1) is 4.34 Å². The minimum atomic E-state index is 0.635. The van der Waals surface area contributed by atoms with Crippen LogP contribution in [0.1, 0.15) is 23.3 Å². The van der Waals surface area contributed by atoms with Gasteiger partial charge in [0.25, 0.3) is 0 Å². The summed E-state index contributed by atoms with van der Waals surface area (Å²) in [4.78, 5) is 1.47. The molecular weight excluding hydrogens is 178 g/mol. The van der Waals surface area contributed by atoms with Crippen LogP contribution in [0.4, 0.5) is 0 Å². The highest BCUT2D eigenvalue weighted by Gasteiger charge is 2.18. The van der Waals surface area contributed by atoms with Gasteiger partial charge in [-0.3, -0.25) is 0 Å². The number of rotatable bonds is 0. The Balaban J connectivity index is 2.43. The molecule has 0 saturated heterocycles. The lowest BCUT2D eigenvalue weighted by atomic mass is 10.0. The largest absolute Gasteiger partial charge is 0.312 e. The first-order valence-corrected chi connectivity index (χ1v) is 4.95. The Kier molecular flexibility index (Phi) is 1.91. The zero-order chi connectivity index (χ0) is 7.84. The summed E-state index contributed by atoms with van der Waals surface area (Å²) < 4.78 is 0.922. The fraction of sp³-hybridized carbons (Fsp3) is 0.500. The van der Waals surface area contributed by atoms with Crippen LogP contribution in [0.15, 0.2) is 6.07 Å². The zero-order valence-corrected chi connectivity index (χ0v) is 7.93. The smallest absolute Gasteiger partial charge is 0.0934 e. The van der Waals surface area contributed by atoms with Crippen LogP contribution in [0, 0.1) is 0 Å². The first-order chi connectivity index (χ1) is 5.27. The minimum absolute atomic E-state index is 0.635. The summed E-state index contributed by atoms with van der Waals surface area (Å²) in [6.45, 7) is 4.31. The van der Waals surface area contributed by atoms with E-state index >= 15 is 0 Å². The second-order valence-corrected chi connectivity index (χ2v) is 4.69. The molecule has 1 atom stereocenters. The SMILES string of the molecule is CC1CNCc2cc(Cl)sc21. The lowest BCUT2D eigenvalue weighted by Gasteiger charge is -2.18. The van der Waals surface area contributed by atoms with Crippen LogP contribution in [0.5, 0.6) is 0 Å². The number of fused-ring (bicyclic) bond motifs is 1. The maximum absolute atomic E-state index is 5.91. The Morgan fingerprint density at radius 1 is 1.73 bits per heavy atom. The van der Waals surface area contributed by atoms with Crippen molar-refractivity contribution in [1.82, 2.24) is 5.32 Å². The van der Waals surface area contributed by atoms with Gasteiger partial charge in [0, 0.05) is 23.9 Å². The molecule has 1 aromatic rings. The van der Waals surface area contributed by atoms with Gasteiger partial charge in [0.2, 0.25) is 0 Å². The average Bonchev–Trinajstić information content (AvgIpc) is 2.31. The highest BCUT2D eigenvalue weighted by atomic mass is 35.5. The van der Waals surface area contributed by atoms with E-state index in [1.54, 1.807) is 11.3 Å². The van der Waals surface area contributed by atoms with Gasteiger partial charge in [-0.2, -0.15) is 0 Å². The summed E-state index contributed by atoms with van der Waals surface area (Å²) in [5.74, 6) is 0.635. The molecule has 0 spiro atoms. The van der Waals surface area contributed by atoms with Crippen molar-refractivity contribution < 1.29 is 0 Å². The molecule has 1 aromatic heterocycles. The predicted molar refractivity (Wildman–Crippen MR) is 49.5 cm³/mol. The molecule has 1 aliphatic heterocycles. The molecule has 1 aliphatic rings. The molecule has 1 nitrogen and oxygen atoms in total.